The maximum atomic E-state index is 13.3. The zero-order valence-electron chi connectivity index (χ0n) is 16.9. The number of hydrogen-bond acceptors (Lipinski definition) is 4. The maximum absolute atomic E-state index is 13.3. The molecular weight excluding hydrogens is 345 g/mol. The van der Waals surface area contributed by atoms with Gasteiger partial charge in [0.15, 0.2) is 5.96 Å². The van der Waals surface area contributed by atoms with Crippen LogP contribution in [0.5, 0.6) is 0 Å². The average molecular weight is 380 g/mol. The molecule has 0 aliphatic carbocycles. The molecule has 6 nitrogen and oxygen atoms in total. The van der Waals surface area contributed by atoms with Crippen molar-refractivity contribution in [3.8, 4) is 0 Å². The first-order valence-electron chi connectivity index (χ1n) is 9.91. The number of nitrogens with one attached hydrogen (secondary N) is 2. The molecule has 2 rings (SSSR count). The van der Waals surface area contributed by atoms with E-state index < -0.39 is 0 Å². The second-order valence-corrected chi connectivity index (χ2v) is 6.90. The molecule has 2 N–H and O–H groups in total. The first kappa shape index (κ1) is 21.4. The van der Waals surface area contributed by atoms with E-state index in [1.165, 1.54) is 6.07 Å². The van der Waals surface area contributed by atoms with Crippen LogP contribution in [0.15, 0.2) is 29.3 Å². The lowest BCUT2D eigenvalue weighted by molar-refractivity contribution is 0.0220. The van der Waals surface area contributed by atoms with Gasteiger partial charge in [-0.15, -0.1) is 0 Å². The summed E-state index contributed by atoms with van der Waals surface area (Å²) >= 11 is 0. The average Bonchev–Trinajstić information content (AvgIpc) is 2.69. The van der Waals surface area contributed by atoms with Crippen LogP contribution in [-0.2, 0) is 4.74 Å². The summed E-state index contributed by atoms with van der Waals surface area (Å²) in [5.41, 5.74) is 0.898. The van der Waals surface area contributed by atoms with Crippen LogP contribution in [0.2, 0.25) is 0 Å². The van der Waals surface area contributed by atoms with Crippen LogP contribution in [0.3, 0.4) is 0 Å². The normalized spacial score (nSPS) is 16.8. The van der Waals surface area contributed by atoms with Gasteiger partial charge in [-0.2, -0.15) is 0 Å². The number of rotatable bonds is 9. The number of anilines is 1. The molecule has 27 heavy (non-hydrogen) atoms. The van der Waals surface area contributed by atoms with Crippen LogP contribution < -0.4 is 15.5 Å². The lowest BCUT2D eigenvalue weighted by atomic mass is 10.2. The van der Waals surface area contributed by atoms with Gasteiger partial charge >= 0.3 is 0 Å². The molecule has 1 fully saturated rings. The highest BCUT2D eigenvalue weighted by molar-refractivity contribution is 5.79. The Bertz CT molecular complexity index is 577. The van der Waals surface area contributed by atoms with E-state index in [2.05, 4.69) is 34.3 Å². The van der Waals surface area contributed by atoms with Gasteiger partial charge in [0.25, 0.3) is 0 Å². The van der Waals surface area contributed by atoms with E-state index >= 15 is 0 Å². The van der Waals surface area contributed by atoms with Crippen molar-refractivity contribution < 1.29 is 9.13 Å². The van der Waals surface area contributed by atoms with Crippen molar-refractivity contribution in [2.24, 2.45) is 4.99 Å². The minimum atomic E-state index is -0.201. The van der Waals surface area contributed by atoms with Gasteiger partial charge in [0.2, 0.25) is 0 Å². The van der Waals surface area contributed by atoms with E-state index in [1.54, 1.807) is 12.1 Å². The fraction of sp³-hybridized carbons (Fsp3) is 0.650. The quantitative estimate of drug-likeness (QED) is 0.390. The Morgan fingerprint density at radius 1 is 1.33 bits per heavy atom. The van der Waals surface area contributed by atoms with E-state index in [-0.39, 0.29) is 5.82 Å². The van der Waals surface area contributed by atoms with Crippen LogP contribution in [0.25, 0.3) is 0 Å². The molecule has 1 aliphatic heterocycles. The standard InChI is InChI=1S/C20H34FN5O/c1-4-22-20(24-16-17(2)26-11-13-27-14-12-26)23-9-6-10-25(3)19-8-5-7-18(21)15-19/h5,7-8,15,17H,4,6,9-14,16H2,1-3H3,(H2,22,23,24). The third kappa shape index (κ3) is 7.72. The Morgan fingerprint density at radius 3 is 2.81 bits per heavy atom. The molecule has 1 aromatic rings. The topological polar surface area (TPSA) is 52.1 Å². The molecule has 1 heterocycles. The molecule has 1 aliphatic rings. The molecule has 0 spiro atoms. The van der Waals surface area contributed by atoms with Gasteiger partial charge in [-0.3, -0.25) is 9.89 Å². The summed E-state index contributed by atoms with van der Waals surface area (Å²) in [6.45, 7) is 11.1. The number of hydrogen-bond donors (Lipinski definition) is 2. The highest BCUT2D eigenvalue weighted by Gasteiger charge is 2.16. The number of ether oxygens (including phenoxy) is 1. The van der Waals surface area contributed by atoms with E-state index in [1.807, 2.05) is 13.1 Å². The van der Waals surface area contributed by atoms with E-state index in [0.717, 1.165) is 70.6 Å². The maximum Gasteiger partial charge on any atom is 0.191 e. The Labute approximate surface area is 162 Å². The van der Waals surface area contributed by atoms with Gasteiger partial charge in [0.05, 0.1) is 19.8 Å². The van der Waals surface area contributed by atoms with Crippen LogP contribution in [0.4, 0.5) is 10.1 Å². The fourth-order valence-electron chi connectivity index (χ4n) is 3.06. The second-order valence-electron chi connectivity index (χ2n) is 6.90. The third-order valence-corrected chi connectivity index (χ3v) is 4.74. The Hall–Kier alpha value is -1.86. The van der Waals surface area contributed by atoms with Crippen molar-refractivity contribution in [3.05, 3.63) is 30.1 Å². The Morgan fingerprint density at radius 2 is 2.11 bits per heavy atom. The molecule has 0 radical (unpaired) electrons. The first-order valence-corrected chi connectivity index (χ1v) is 9.91. The van der Waals surface area contributed by atoms with Crippen molar-refractivity contribution in [2.45, 2.75) is 26.3 Å². The number of nitrogens with zero attached hydrogens (tertiary/aromatic N) is 3. The molecule has 0 aromatic heterocycles. The summed E-state index contributed by atoms with van der Waals surface area (Å²) in [6, 6.07) is 7.10. The number of aliphatic imine (C=N–C) groups is 1. The van der Waals surface area contributed by atoms with Crippen molar-refractivity contribution in [2.75, 3.05) is 64.4 Å². The van der Waals surface area contributed by atoms with E-state index in [0.29, 0.717) is 6.04 Å². The summed E-state index contributed by atoms with van der Waals surface area (Å²) in [7, 11) is 1.98. The van der Waals surface area contributed by atoms with Gasteiger partial charge in [-0.25, -0.2) is 4.39 Å². The second kappa shape index (κ2) is 11.8. The zero-order chi connectivity index (χ0) is 19.5. The molecule has 1 unspecified atom stereocenters. The summed E-state index contributed by atoms with van der Waals surface area (Å²) < 4.78 is 18.7. The molecule has 152 valence electrons. The molecule has 1 atom stereocenters. The predicted molar refractivity (Wildman–Crippen MR) is 110 cm³/mol. The minimum absolute atomic E-state index is 0.201. The van der Waals surface area contributed by atoms with Gasteiger partial charge in [-0.05, 0) is 38.5 Å². The van der Waals surface area contributed by atoms with Crippen molar-refractivity contribution in [1.29, 1.82) is 0 Å². The molecule has 0 bridgehead atoms. The van der Waals surface area contributed by atoms with Gasteiger partial charge < -0.3 is 20.3 Å². The number of guanidine groups is 1. The van der Waals surface area contributed by atoms with Gasteiger partial charge in [0.1, 0.15) is 5.82 Å². The highest BCUT2D eigenvalue weighted by atomic mass is 19.1. The lowest BCUT2D eigenvalue weighted by Crippen LogP contribution is -2.44. The summed E-state index contributed by atoms with van der Waals surface area (Å²) in [6.07, 6.45) is 0.941. The Kier molecular flexibility index (Phi) is 9.35. The molecule has 7 heteroatoms. The molecule has 1 aromatic carbocycles. The fourth-order valence-corrected chi connectivity index (χ4v) is 3.06. The monoisotopic (exact) mass is 379 g/mol. The zero-order valence-corrected chi connectivity index (χ0v) is 16.9. The van der Waals surface area contributed by atoms with Gasteiger partial charge in [-0.1, -0.05) is 6.07 Å². The molecular formula is C20H34FN5O. The summed E-state index contributed by atoms with van der Waals surface area (Å²) in [4.78, 5) is 9.21. The number of benzene rings is 1. The van der Waals surface area contributed by atoms with Crippen LogP contribution in [-0.4, -0.2) is 76.4 Å². The number of morpholine rings is 1. The highest BCUT2D eigenvalue weighted by Crippen LogP contribution is 2.13. The lowest BCUT2D eigenvalue weighted by Gasteiger charge is -2.31. The SMILES string of the molecule is CCNC(=NCC(C)N1CCOCC1)NCCCN(C)c1cccc(F)c1. The number of halogens is 1. The molecule has 0 amide bonds. The smallest absolute Gasteiger partial charge is 0.191 e. The van der Waals surface area contributed by atoms with Crippen LogP contribution in [0.1, 0.15) is 20.3 Å². The van der Waals surface area contributed by atoms with Gasteiger partial charge in [0, 0.05) is 51.5 Å². The Balaban J connectivity index is 1.73. The molecule has 1 saturated heterocycles. The third-order valence-electron chi connectivity index (χ3n) is 4.74. The minimum Gasteiger partial charge on any atom is -0.379 e. The first-order chi connectivity index (χ1) is 13.1. The van der Waals surface area contributed by atoms with Crippen LogP contribution in [0, 0.1) is 5.82 Å². The van der Waals surface area contributed by atoms with Crippen molar-refractivity contribution >= 4 is 11.6 Å². The van der Waals surface area contributed by atoms with Crippen molar-refractivity contribution in [1.82, 2.24) is 15.5 Å². The summed E-state index contributed by atoms with van der Waals surface area (Å²) in [5, 5.41) is 6.69. The van der Waals surface area contributed by atoms with E-state index in [4.69, 9.17) is 9.73 Å². The predicted octanol–water partition coefficient (Wildman–Crippen LogP) is 1.93. The van der Waals surface area contributed by atoms with Crippen LogP contribution >= 0.6 is 0 Å². The van der Waals surface area contributed by atoms with E-state index in [9.17, 15) is 4.39 Å². The molecule has 0 saturated carbocycles. The largest absolute Gasteiger partial charge is 0.379 e. The summed E-state index contributed by atoms with van der Waals surface area (Å²) in [5.74, 6) is 0.652. The van der Waals surface area contributed by atoms with Crippen molar-refractivity contribution in [3.63, 3.8) is 0 Å².